The van der Waals surface area contributed by atoms with Gasteiger partial charge in [-0.3, -0.25) is 0 Å². The summed E-state index contributed by atoms with van der Waals surface area (Å²) in [5, 5.41) is 8.87. The van der Waals surface area contributed by atoms with Crippen LogP contribution < -0.4 is 0 Å². The molecule has 0 saturated carbocycles. The average molecular weight is 284 g/mol. The fourth-order valence-corrected chi connectivity index (χ4v) is 0.893. The molecular weight excluding hydrogens is 261 g/mol. The molecule has 0 aliphatic rings. The zero-order valence-electron chi connectivity index (χ0n) is 10.7. The molecule has 1 N–H and O–H groups in total. The monoisotopic (exact) mass is 284 g/mol. The first-order chi connectivity index (χ1) is 6.83. The minimum atomic E-state index is 0. The number of phenols is 1. The topological polar surface area (TPSA) is 20.2 Å². The van der Waals surface area contributed by atoms with Crippen LogP contribution in [0.2, 0.25) is 0 Å². The second-order valence-electron chi connectivity index (χ2n) is 2.33. The Hall–Kier alpha value is 0.124. The van der Waals surface area contributed by atoms with E-state index < -0.39 is 0 Å². The number of hydrogen-bond acceptors (Lipinski definition) is 1. The maximum Gasteiger partial charge on any atom is 0.00399 e. The van der Waals surface area contributed by atoms with Gasteiger partial charge in [-0.15, -0.1) is 12.1 Å². The van der Waals surface area contributed by atoms with Crippen LogP contribution in [0.1, 0.15) is 46.6 Å². The van der Waals surface area contributed by atoms with Crippen LogP contribution in [0.15, 0.2) is 18.2 Å². The Balaban J connectivity index is -0.000000258. The van der Waals surface area contributed by atoms with E-state index in [1.807, 2.05) is 39.8 Å². The van der Waals surface area contributed by atoms with Gasteiger partial charge >= 0.3 is 0 Å². The number of phenolic OH excluding ortho intramolecular Hbond substituents is 1. The Morgan fingerprint density at radius 1 is 1.13 bits per heavy atom. The summed E-state index contributed by atoms with van der Waals surface area (Å²) in [5.74, 6) is 0.222. The van der Waals surface area contributed by atoms with Gasteiger partial charge < -0.3 is 5.11 Å². The third-order valence-corrected chi connectivity index (χ3v) is 1.40. The van der Waals surface area contributed by atoms with Crippen LogP contribution in [0.4, 0.5) is 0 Å². The molecule has 1 aromatic rings. The number of hydrogen-bond donors (Lipinski definition) is 1. The van der Waals surface area contributed by atoms with E-state index in [1.54, 1.807) is 6.07 Å². The Bertz CT molecular complexity index is 194. The second-order valence-corrected chi connectivity index (χ2v) is 2.33. The molecule has 0 aliphatic carbocycles. The summed E-state index contributed by atoms with van der Waals surface area (Å²) in [7, 11) is 0. The summed E-state index contributed by atoms with van der Waals surface area (Å²) >= 11 is 0. The maximum absolute atomic E-state index is 8.87. The molecule has 0 atom stereocenters. The van der Waals surface area contributed by atoms with Gasteiger partial charge in [0.15, 0.2) is 0 Å². The molecule has 15 heavy (non-hydrogen) atoms. The minimum Gasteiger partial charge on any atom is -0.534 e. The van der Waals surface area contributed by atoms with Gasteiger partial charge in [-0.1, -0.05) is 47.5 Å². The summed E-state index contributed by atoms with van der Waals surface area (Å²) in [6.07, 6.45) is 2.20. The molecule has 85 valence electrons. The van der Waals surface area contributed by atoms with Crippen LogP contribution >= 0.6 is 0 Å². The molecule has 0 saturated heterocycles. The van der Waals surface area contributed by atoms with Crippen LogP contribution in [0.25, 0.3) is 0 Å². The fourth-order valence-electron chi connectivity index (χ4n) is 0.893. The van der Waals surface area contributed by atoms with E-state index in [-0.39, 0.29) is 38.5 Å². The van der Waals surface area contributed by atoms with Gasteiger partial charge in [0.25, 0.3) is 0 Å². The largest absolute Gasteiger partial charge is 0.534 e. The summed E-state index contributed by atoms with van der Waals surface area (Å²) in [5.41, 5.74) is 1.24. The van der Waals surface area contributed by atoms with E-state index in [2.05, 4.69) is 13.0 Å². The van der Waals surface area contributed by atoms with Gasteiger partial charge in [-0.05, 0) is 0 Å². The molecule has 1 rings (SSSR count). The smallest absolute Gasteiger partial charge is 0.00399 e. The van der Waals surface area contributed by atoms with Crippen LogP contribution in [0.3, 0.4) is 0 Å². The molecule has 0 aliphatic heterocycles. The molecule has 1 radical (unpaired) electrons. The van der Waals surface area contributed by atoms with Crippen molar-refractivity contribution >= 4 is 0 Å². The van der Waals surface area contributed by atoms with Gasteiger partial charge in [0.1, 0.15) is 0 Å². The van der Waals surface area contributed by atoms with Crippen molar-refractivity contribution in [2.75, 3.05) is 0 Å². The Morgan fingerprint density at radius 3 is 2.00 bits per heavy atom. The van der Waals surface area contributed by atoms with Gasteiger partial charge in [-0.25, -0.2) is 0 Å². The predicted molar refractivity (Wildman–Crippen MR) is 63.6 cm³/mol. The zero-order chi connectivity index (χ0) is 11.4. The van der Waals surface area contributed by atoms with Crippen molar-refractivity contribution in [1.82, 2.24) is 0 Å². The number of aryl methyl sites for hydroxylation is 1. The van der Waals surface area contributed by atoms with Gasteiger partial charge in [0.05, 0.1) is 0 Å². The Morgan fingerprint density at radius 2 is 1.67 bits per heavy atom. The Kier molecular flexibility index (Phi) is 22.6. The van der Waals surface area contributed by atoms with E-state index in [1.165, 1.54) is 5.56 Å². The van der Waals surface area contributed by atoms with Crippen molar-refractivity contribution in [2.24, 2.45) is 0 Å². The average Bonchev–Trinajstić information content (AvgIpc) is 2.28. The fraction of sp³-hybridized carbons (Fsp3) is 0.538. The molecule has 1 aromatic carbocycles. The molecule has 0 spiro atoms. The second kappa shape index (κ2) is 16.5. The molecule has 0 unspecified atom stereocenters. The molecule has 0 bridgehead atoms. The molecule has 0 heterocycles. The van der Waals surface area contributed by atoms with Gasteiger partial charge in [-0.2, -0.15) is 17.7 Å². The molecule has 0 aromatic heterocycles. The minimum absolute atomic E-state index is 0. The van der Waals surface area contributed by atoms with Crippen LogP contribution in [0, 0.1) is 6.07 Å². The quantitative estimate of drug-likeness (QED) is 0.807. The van der Waals surface area contributed by atoms with Crippen molar-refractivity contribution in [3.63, 3.8) is 0 Å². The molecule has 0 fully saturated rings. The molecule has 2 heteroatoms. The zero-order valence-corrected chi connectivity index (χ0v) is 13.5. The van der Waals surface area contributed by atoms with E-state index in [0.717, 1.165) is 12.8 Å². The summed E-state index contributed by atoms with van der Waals surface area (Å²) in [6, 6.07) is 8.17. The number of aromatic hydroxyl groups is 1. The summed E-state index contributed by atoms with van der Waals surface area (Å²) in [6.45, 7) is 10.1. The van der Waals surface area contributed by atoms with Crippen LogP contribution in [-0.4, -0.2) is 5.11 Å². The van der Waals surface area contributed by atoms with E-state index >= 15 is 0 Å². The van der Waals surface area contributed by atoms with Crippen LogP contribution in [0.5, 0.6) is 5.75 Å². The van der Waals surface area contributed by atoms with E-state index in [9.17, 15) is 0 Å². The summed E-state index contributed by atoms with van der Waals surface area (Å²) in [4.78, 5) is 0. The molecular formula is C13H23OY-. The van der Waals surface area contributed by atoms with Crippen molar-refractivity contribution < 1.29 is 37.8 Å². The van der Waals surface area contributed by atoms with Crippen molar-refractivity contribution in [3.05, 3.63) is 29.8 Å². The van der Waals surface area contributed by atoms with Crippen molar-refractivity contribution in [1.29, 1.82) is 0 Å². The Labute approximate surface area is 120 Å². The molecule has 0 amide bonds. The van der Waals surface area contributed by atoms with Gasteiger partial charge in [0.2, 0.25) is 0 Å². The van der Waals surface area contributed by atoms with Crippen LogP contribution in [-0.2, 0) is 39.1 Å². The first-order valence-electron chi connectivity index (χ1n) is 5.52. The number of benzene rings is 1. The first kappa shape index (κ1) is 20.5. The van der Waals surface area contributed by atoms with E-state index in [4.69, 9.17) is 5.11 Å². The predicted octanol–water partition coefficient (Wildman–Crippen LogP) is 4.19. The third kappa shape index (κ3) is 12.1. The maximum atomic E-state index is 8.87. The normalized spacial score (nSPS) is 7.27. The summed E-state index contributed by atoms with van der Waals surface area (Å²) < 4.78 is 0. The van der Waals surface area contributed by atoms with Crippen molar-refractivity contribution in [3.8, 4) is 5.75 Å². The van der Waals surface area contributed by atoms with Gasteiger partial charge in [0, 0.05) is 38.5 Å². The first-order valence-corrected chi connectivity index (χ1v) is 5.52. The number of rotatable bonds is 2. The SMILES string of the molecule is CC.CC.CCCc1c[c-]c(O)cc1.[Y]. The standard InChI is InChI=1S/C9H11O.2C2H6.Y/c1-2-3-8-4-6-9(10)7-5-8;2*1-2;/h4-6,10H,2-3H2,1H3;2*1-2H3;/q-1;;;. The molecule has 1 nitrogen and oxygen atoms in total. The van der Waals surface area contributed by atoms with Crippen molar-refractivity contribution in [2.45, 2.75) is 47.5 Å². The third-order valence-electron chi connectivity index (χ3n) is 1.40. The van der Waals surface area contributed by atoms with E-state index in [0.29, 0.717) is 0 Å².